The first-order chi connectivity index (χ1) is 9.92. The van der Waals surface area contributed by atoms with Gasteiger partial charge in [0.1, 0.15) is 17.7 Å². The fourth-order valence-corrected chi connectivity index (χ4v) is 3.06. The summed E-state index contributed by atoms with van der Waals surface area (Å²) < 4.78 is 11.4. The summed E-state index contributed by atoms with van der Waals surface area (Å²) in [6, 6.07) is 0.329. The minimum atomic E-state index is -0.462. The average Bonchev–Trinajstić information content (AvgIpc) is 2.95. The van der Waals surface area contributed by atoms with E-state index in [9.17, 15) is 4.79 Å². The van der Waals surface area contributed by atoms with Gasteiger partial charge in [-0.05, 0) is 40.2 Å². The second-order valence-corrected chi connectivity index (χ2v) is 7.08. The van der Waals surface area contributed by atoms with E-state index in [-0.39, 0.29) is 24.3 Å². The first kappa shape index (κ1) is 14.6. The number of aliphatic imine (C=N–C) groups is 1. The summed E-state index contributed by atoms with van der Waals surface area (Å²) in [5.41, 5.74) is -0.462. The van der Waals surface area contributed by atoms with Gasteiger partial charge in [0.05, 0.1) is 19.1 Å². The highest BCUT2D eigenvalue weighted by Gasteiger charge is 2.44. The van der Waals surface area contributed by atoms with Gasteiger partial charge in [0.15, 0.2) is 0 Å². The molecule has 0 aliphatic carbocycles. The standard InChI is InChI=1S/C15H25N3O3/c1-15(2,3)21-14(19)18-8-11-12(9-18)20-13(17-11)10-6-4-5-7-16-10/h10-12,16H,4-9H2,1-3H3. The molecule has 3 heterocycles. The zero-order chi connectivity index (χ0) is 15.0. The molecule has 3 rings (SSSR count). The Morgan fingerprint density at radius 2 is 2.19 bits per heavy atom. The summed E-state index contributed by atoms with van der Waals surface area (Å²) >= 11 is 0. The number of fused-ring (bicyclic) bond motifs is 1. The van der Waals surface area contributed by atoms with Crippen LogP contribution in [-0.2, 0) is 9.47 Å². The minimum Gasteiger partial charge on any atom is -0.472 e. The van der Waals surface area contributed by atoms with Crippen LogP contribution in [0.25, 0.3) is 0 Å². The van der Waals surface area contributed by atoms with E-state index in [0.717, 1.165) is 18.9 Å². The van der Waals surface area contributed by atoms with E-state index in [0.29, 0.717) is 13.1 Å². The molecule has 1 amide bonds. The largest absolute Gasteiger partial charge is 0.472 e. The third-order valence-electron chi connectivity index (χ3n) is 4.06. The van der Waals surface area contributed by atoms with Crippen molar-refractivity contribution in [1.82, 2.24) is 10.2 Å². The van der Waals surface area contributed by atoms with Gasteiger partial charge < -0.3 is 19.7 Å². The number of amides is 1. The maximum absolute atomic E-state index is 12.1. The fourth-order valence-electron chi connectivity index (χ4n) is 3.06. The van der Waals surface area contributed by atoms with Gasteiger partial charge in [-0.25, -0.2) is 9.79 Å². The molecule has 3 aliphatic rings. The molecule has 2 fully saturated rings. The number of hydrogen-bond donors (Lipinski definition) is 1. The van der Waals surface area contributed by atoms with Gasteiger partial charge >= 0.3 is 6.09 Å². The number of carbonyl (C=O) groups excluding carboxylic acids is 1. The van der Waals surface area contributed by atoms with E-state index in [1.807, 2.05) is 20.8 Å². The third-order valence-corrected chi connectivity index (χ3v) is 4.06. The van der Waals surface area contributed by atoms with Crippen molar-refractivity contribution < 1.29 is 14.3 Å². The number of carbonyl (C=O) groups is 1. The van der Waals surface area contributed by atoms with Crippen LogP contribution in [0.4, 0.5) is 4.79 Å². The highest BCUT2D eigenvalue weighted by Crippen LogP contribution is 2.26. The predicted molar refractivity (Wildman–Crippen MR) is 79.5 cm³/mol. The number of rotatable bonds is 1. The normalized spacial score (nSPS) is 32.4. The van der Waals surface area contributed by atoms with Crippen LogP contribution >= 0.6 is 0 Å². The molecule has 0 spiro atoms. The van der Waals surface area contributed by atoms with E-state index >= 15 is 0 Å². The van der Waals surface area contributed by atoms with Crippen molar-refractivity contribution >= 4 is 12.0 Å². The summed E-state index contributed by atoms with van der Waals surface area (Å²) in [4.78, 5) is 18.5. The van der Waals surface area contributed by atoms with E-state index in [1.165, 1.54) is 12.8 Å². The van der Waals surface area contributed by atoms with Gasteiger partial charge in [-0.15, -0.1) is 0 Å². The highest BCUT2D eigenvalue weighted by molar-refractivity contribution is 5.84. The monoisotopic (exact) mass is 295 g/mol. The zero-order valence-corrected chi connectivity index (χ0v) is 13.1. The Kier molecular flexibility index (Phi) is 3.82. The molecular weight excluding hydrogens is 270 g/mol. The molecule has 0 saturated carbocycles. The van der Waals surface area contributed by atoms with Gasteiger partial charge in [-0.1, -0.05) is 6.42 Å². The Hall–Kier alpha value is -1.30. The summed E-state index contributed by atoms with van der Waals surface area (Å²) in [5.74, 6) is 0.841. The molecule has 0 radical (unpaired) electrons. The Balaban J connectivity index is 1.57. The lowest BCUT2D eigenvalue weighted by Crippen LogP contribution is -2.42. The van der Waals surface area contributed by atoms with Crippen molar-refractivity contribution in [1.29, 1.82) is 0 Å². The molecule has 0 aromatic heterocycles. The quantitative estimate of drug-likeness (QED) is 0.797. The molecule has 0 aromatic rings. The molecule has 118 valence electrons. The van der Waals surface area contributed by atoms with Crippen LogP contribution < -0.4 is 5.32 Å². The van der Waals surface area contributed by atoms with E-state index < -0.39 is 5.60 Å². The second-order valence-electron chi connectivity index (χ2n) is 7.08. The van der Waals surface area contributed by atoms with Gasteiger partial charge in [-0.3, -0.25) is 0 Å². The number of nitrogens with zero attached hydrogens (tertiary/aromatic N) is 2. The minimum absolute atomic E-state index is 0.00348. The van der Waals surface area contributed by atoms with Crippen LogP contribution in [0.15, 0.2) is 4.99 Å². The van der Waals surface area contributed by atoms with Gasteiger partial charge in [0.25, 0.3) is 0 Å². The van der Waals surface area contributed by atoms with Gasteiger partial charge in [-0.2, -0.15) is 0 Å². The molecule has 1 N–H and O–H groups in total. The SMILES string of the molecule is CC(C)(C)OC(=O)N1CC2N=C(C3CCCCN3)OC2C1. The fraction of sp³-hybridized carbons (Fsp3) is 0.867. The molecule has 3 atom stereocenters. The van der Waals surface area contributed by atoms with Crippen molar-refractivity contribution in [2.24, 2.45) is 4.99 Å². The van der Waals surface area contributed by atoms with Crippen LogP contribution in [0.5, 0.6) is 0 Å². The highest BCUT2D eigenvalue weighted by atomic mass is 16.6. The number of nitrogens with one attached hydrogen (secondary N) is 1. The second kappa shape index (κ2) is 5.48. The topological polar surface area (TPSA) is 63.2 Å². The molecule has 3 aliphatic heterocycles. The smallest absolute Gasteiger partial charge is 0.410 e. The molecule has 6 heteroatoms. The van der Waals surface area contributed by atoms with Gasteiger partial charge in [0, 0.05) is 0 Å². The van der Waals surface area contributed by atoms with Crippen LogP contribution in [0.1, 0.15) is 40.0 Å². The average molecular weight is 295 g/mol. The summed E-state index contributed by atoms with van der Waals surface area (Å²) in [5, 5.41) is 3.45. The zero-order valence-electron chi connectivity index (χ0n) is 13.1. The molecule has 3 unspecified atom stereocenters. The number of hydrogen-bond acceptors (Lipinski definition) is 5. The number of ether oxygens (including phenoxy) is 2. The lowest BCUT2D eigenvalue weighted by molar-refractivity contribution is 0.0270. The van der Waals surface area contributed by atoms with Gasteiger partial charge in [0.2, 0.25) is 5.90 Å². The molecule has 21 heavy (non-hydrogen) atoms. The Bertz CT molecular complexity index is 438. The van der Waals surface area contributed by atoms with Crippen LogP contribution in [-0.4, -0.2) is 60.3 Å². The number of likely N-dealkylation sites (tertiary alicyclic amines) is 1. The summed E-state index contributed by atoms with van der Waals surface area (Å²) in [7, 11) is 0. The van der Waals surface area contributed by atoms with E-state index in [4.69, 9.17) is 9.47 Å². The molecule has 0 aromatic carbocycles. The van der Waals surface area contributed by atoms with Crippen molar-refractivity contribution in [3.05, 3.63) is 0 Å². The molecule has 0 bridgehead atoms. The van der Waals surface area contributed by atoms with E-state index in [2.05, 4.69) is 10.3 Å². The van der Waals surface area contributed by atoms with Crippen molar-refractivity contribution in [3.63, 3.8) is 0 Å². The molecule has 6 nitrogen and oxygen atoms in total. The maximum Gasteiger partial charge on any atom is 0.410 e. The first-order valence-corrected chi connectivity index (χ1v) is 7.88. The van der Waals surface area contributed by atoms with Crippen molar-refractivity contribution in [2.75, 3.05) is 19.6 Å². The van der Waals surface area contributed by atoms with Crippen molar-refractivity contribution in [3.8, 4) is 0 Å². The third kappa shape index (κ3) is 3.31. The first-order valence-electron chi connectivity index (χ1n) is 7.88. The summed E-state index contributed by atoms with van der Waals surface area (Å²) in [6.45, 7) is 7.83. The van der Waals surface area contributed by atoms with Crippen LogP contribution in [0.3, 0.4) is 0 Å². The summed E-state index contributed by atoms with van der Waals surface area (Å²) in [6.07, 6.45) is 3.26. The Morgan fingerprint density at radius 3 is 2.81 bits per heavy atom. The predicted octanol–water partition coefficient (Wildman–Crippen LogP) is 1.55. The Labute approximate surface area is 125 Å². The Morgan fingerprint density at radius 1 is 1.38 bits per heavy atom. The van der Waals surface area contributed by atoms with Crippen LogP contribution in [0.2, 0.25) is 0 Å². The van der Waals surface area contributed by atoms with Crippen molar-refractivity contribution in [2.45, 2.75) is 63.8 Å². The number of piperidine rings is 1. The molecule has 2 saturated heterocycles. The van der Waals surface area contributed by atoms with Crippen LogP contribution in [0, 0.1) is 0 Å². The van der Waals surface area contributed by atoms with E-state index in [1.54, 1.807) is 4.90 Å². The molecular formula is C15H25N3O3. The lowest BCUT2D eigenvalue weighted by atomic mass is 10.1. The maximum atomic E-state index is 12.1. The lowest BCUT2D eigenvalue weighted by Gasteiger charge is -2.26.